The van der Waals surface area contributed by atoms with E-state index in [2.05, 4.69) is 15.1 Å². The van der Waals surface area contributed by atoms with Crippen LogP contribution in [0.5, 0.6) is 0 Å². The van der Waals surface area contributed by atoms with Gasteiger partial charge in [0.05, 0.1) is 6.54 Å². The molecule has 21 heavy (non-hydrogen) atoms. The highest BCUT2D eigenvalue weighted by Gasteiger charge is 2.40. The third kappa shape index (κ3) is 2.78. The van der Waals surface area contributed by atoms with Crippen molar-refractivity contribution in [2.75, 3.05) is 19.6 Å². The Labute approximate surface area is 121 Å². The lowest BCUT2D eigenvalue weighted by atomic mass is 9.66. The lowest BCUT2D eigenvalue weighted by Gasteiger charge is -2.42. The van der Waals surface area contributed by atoms with E-state index in [1.54, 1.807) is 0 Å². The summed E-state index contributed by atoms with van der Waals surface area (Å²) in [7, 11) is 0. The van der Waals surface area contributed by atoms with Crippen LogP contribution >= 0.6 is 0 Å². The summed E-state index contributed by atoms with van der Waals surface area (Å²) in [6.45, 7) is 2.91. The van der Waals surface area contributed by atoms with Crippen molar-refractivity contribution in [1.29, 1.82) is 0 Å². The van der Waals surface area contributed by atoms with Crippen molar-refractivity contribution in [3.05, 3.63) is 11.6 Å². The van der Waals surface area contributed by atoms with Gasteiger partial charge in [0, 0.05) is 13.1 Å². The molecular formula is C13H20F3N5. The zero-order valence-electron chi connectivity index (χ0n) is 11.9. The Balaban J connectivity index is 1.62. The van der Waals surface area contributed by atoms with Crippen LogP contribution in [0, 0.1) is 5.41 Å². The smallest absolute Gasteiger partial charge is 0.330 e. The van der Waals surface area contributed by atoms with Gasteiger partial charge in [0.25, 0.3) is 0 Å². The molecule has 1 aliphatic carbocycles. The predicted molar refractivity (Wildman–Crippen MR) is 70.3 cm³/mol. The molecule has 1 fully saturated rings. The second kappa shape index (κ2) is 5.24. The van der Waals surface area contributed by atoms with E-state index in [-0.39, 0.29) is 5.41 Å². The van der Waals surface area contributed by atoms with Crippen LogP contribution in [-0.4, -0.2) is 39.3 Å². The van der Waals surface area contributed by atoms with Gasteiger partial charge in [-0.15, -0.1) is 10.2 Å². The average Bonchev–Trinajstić information content (AvgIpc) is 2.81. The van der Waals surface area contributed by atoms with Gasteiger partial charge in [0.2, 0.25) is 5.82 Å². The third-order valence-corrected chi connectivity index (χ3v) is 4.89. The Morgan fingerprint density at radius 1 is 1.19 bits per heavy atom. The zero-order valence-corrected chi connectivity index (χ0v) is 11.9. The molecule has 1 aromatic heterocycles. The number of hydrogen-bond donors (Lipinski definition) is 1. The first-order chi connectivity index (χ1) is 9.93. The fraction of sp³-hybridized carbons (Fsp3) is 0.846. The molecule has 0 saturated heterocycles. The van der Waals surface area contributed by atoms with E-state index in [9.17, 15) is 13.2 Å². The summed E-state index contributed by atoms with van der Waals surface area (Å²) >= 11 is 0. The number of alkyl halides is 3. The molecule has 0 amide bonds. The van der Waals surface area contributed by atoms with Gasteiger partial charge in [-0.3, -0.25) is 4.90 Å². The zero-order chi connectivity index (χ0) is 15.1. The molecule has 2 heterocycles. The van der Waals surface area contributed by atoms with Crippen molar-refractivity contribution in [3.63, 3.8) is 0 Å². The van der Waals surface area contributed by atoms with Crippen LogP contribution in [-0.2, 0) is 19.3 Å². The predicted octanol–water partition coefficient (Wildman–Crippen LogP) is 1.63. The van der Waals surface area contributed by atoms with Gasteiger partial charge in [-0.25, -0.2) is 0 Å². The Bertz CT molecular complexity index is 501. The minimum atomic E-state index is -4.43. The third-order valence-electron chi connectivity index (χ3n) is 4.89. The number of hydrogen-bond acceptors (Lipinski definition) is 4. The molecule has 3 rings (SSSR count). The highest BCUT2D eigenvalue weighted by molar-refractivity contribution is 5.02. The fourth-order valence-electron chi connectivity index (χ4n) is 3.24. The van der Waals surface area contributed by atoms with E-state index in [1.807, 2.05) is 0 Å². The van der Waals surface area contributed by atoms with Crippen LogP contribution in [0.25, 0.3) is 0 Å². The summed E-state index contributed by atoms with van der Waals surface area (Å²) in [5, 5.41) is 7.00. The summed E-state index contributed by atoms with van der Waals surface area (Å²) in [5.41, 5.74) is 6.11. The van der Waals surface area contributed by atoms with Crippen LogP contribution < -0.4 is 5.73 Å². The number of rotatable bonds is 4. The number of nitrogens with zero attached hydrogens (tertiary/aromatic N) is 4. The minimum Gasteiger partial charge on any atom is -0.330 e. The molecule has 8 heteroatoms. The molecule has 2 N–H and O–H groups in total. The SMILES string of the molecule is NCC1(CCN2CCn3c(nnc3C(F)(F)F)C2)CCC1. The maximum atomic E-state index is 12.8. The maximum absolute atomic E-state index is 12.8. The number of aromatic nitrogens is 3. The molecule has 0 unspecified atom stereocenters. The van der Waals surface area contributed by atoms with Crippen molar-refractivity contribution in [2.45, 2.75) is 44.9 Å². The Morgan fingerprint density at radius 3 is 2.52 bits per heavy atom. The van der Waals surface area contributed by atoms with E-state index in [0.717, 1.165) is 13.0 Å². The van der Waals surface area contributed by atoms with Gasteiger partial charge in [-0.1, -0.05) is 6.42 Å². The highest BCUT2D eigenvalue weighted by atomic mass is 19.4. The number of fused-ring (bicyclic) bond motifs is 1. The van der Waals surface area contributed by atoms with Crippen molar-refractivity contribution in [1.82, 2.24) is 19.7 Å². The second-order valence-electron chi connectivity index (χ2n) is 6.17. The van der Waals surface area contributed by atoms with E-state index >= 15 is 0 Å². The van der Waals surface area contributed by atoms with Crippen LogP contribution in [0.1, 0.15) is 37.3 Å². The van der Waals surface area contributed by atoms with Gasteiger partial charge in [-0.2, -0.15) is 13.2 Å². The quantitative estimate of drug-likeness (QED) is 0.918. The van der Waals surface area contributed by atoms with Gasteiger partial charge in [-0.05, 0) is 37.8 Å². The summed E-state index contributed by atoms with van der Waals surface area (Å²) in [6, 6.07) is 0. The number of nitrogens with two attached hydrogens (primary N) is 1. The molecule has 0 atom stereocenters. The van der Waals surface area contributed by atoms with Gasteiger partial charge in [0.1, 0.15) is 5.82 Å². The molecule has 1 aliphatic heterocycles. The second-order valence-corrected chi connectivity index (χ2v) is 6.17. The normalized spacial score (nSPS) is 21.9. The molecule has 0 spiro atoms. The van der Waals surface area contributed by atoms with Crippen LogP contribution in [0.3, 0.4) is 0 Å². The van der Waals surface area contributed by atoms with E-state index in [4.69, 9.17) is 5.73 Å². The first-order valence-electron chi connectivity index (χ1n) is 7.35. The summed E-state index contributed by atoms with van der Waals surface area (Å²) in [6.07, 6.45) is 0.171. The maximum Gasteiger partial charge on any atom is 0.451 e. The van der Waals surface area contributed by atoms with E-state index in [1.165, 1.54) is 23.8 Å². The molecular weight excluding hydrogens is 283 g/mol. The van der Waals surface area contributed by atoms with Gasteiger partial charge < -0.3 is 10.3 Å². The molecule has 1 saturated carbocycles. The summed E-state index contributed by atoms with van der Waals surface area (Å²) in [4.78, 5) is 2.15. The summed E-state index contributed by atoms with van der Waals surface area (Å²) < 4.78 is 39.5. The largest absolute Gasteiger partial charge is 0.451 e. The van der Waals surface area contributed by atoms with Crippen molar-refractivity contribution in [3.8, 4) is 0 Å². The van der Waals surface area contributed by atoms with Crippen LogP contribution in [0.15, 0.2) is 0 Å². The first-order valence-corrected chi connectivity index (χ1v) is 7.35. The highest BCUT2D eigenvalue weighted by Crippen LogP contribution is 2.43. The molecule has 118 valence electrons. The minimum absolute atomic E-state index is 0.266. The molecule has 0 bridgehead atoms. The monoisotopic (exact) mass is 303 g/mol. The summed E-state index contributed by atoms with van der Waals surface area (Å²) in [5.74, 6) is -0.474. The Hall–Kier alpha value is -1.15. The number of halogens is 3. The molecule has 1 aromatic rings. The molecule has 0 radical (unpaired) electrons. The standard InChI is InChI=1S/C13H20F3N5/c14-13(15,16)11-19-18-10-8-20(6-7-21(10)11)5-4-12(9-17)2-1-3-12/h1-9,17H2. The first kappa shape index (κ1) is 14.8. The van der Waals surface area contributed by atoms with Crippen molar-refractivity contribution in [2.24, 2.45) is 11.1 Å². The topological polar surface area (TPSA) is 60.0 Å². The van der Waals surface area contributed by atoms with E-state index in [0.29, 0.717) is 32.0 Å². The molecule has 5 nitrogen and oxygen atoms in total. The van der Waals surface area contributed by atoms with E-state index < -0.39 is 12.0 Å². The molecule has 2 aliphatic rings. The van der Waals surface area contributed by atoms with Crippen LogP contribution in [0.2, 0.25) is 0 Å². The van der Waals surface area contributed by atoms with Crippen LogP contribution in [0.4, 0.5) is 13.2 Å². The van der Waals surface area contributed by atoms with Gasteiger partial charge in [0.15, 0.2) is 0 Å². The van der Waals surface area contributed by atoms with Crippen molar-refractivity contribution >= 4 is 0 Å². The Kier molecular flexibility index (Phi) is 3.69. The molecule has 0 aromatic carbocycles. The fourth-order valence-corrected chi connectivity index (χ4v) is 3.24. The van der Waals surface area contributed by atoms with Crippen molar-refractivity contribution < 1.29 is 13.2 Å². The average molecular weight is 303 g/mol. The lowest BCUT2D eigenvalue weighted by Crippen LogP contribution is -2.42. The Morgan fingerprint density at radius 2 is 1.95 bits per heavy atom. The van der Waals surface area contributed by atoms with Gasteiger partial charge >= 0.3 is 6.18 Å². The lowest BCUT2D eigenvalue weighted by molar-refractivity contribution is -0.148.